The molecule has 0 spiro atoms. The Labute approximate surface area is 145 Å². The van der Waals surface area contributed by atoms with Crippen LogP contribution in [-0.2, 0) is 11.2 Å². The average Bonchev–Trinajstić information content (AvgIpc) is 3.22. The number of nitrogens with zero attached hydrogens (tertiary/aromatic N) is 2. The summed E-state index contributed by atoms with van der Waals surface area (Å²) in [6.07, 6.45) is 2.33. The summed E-state index contributed by atoms with van der Waals surface area (Å²) in [5, 5.41) is 3.19. The maximum atomic E-state index is 13.1. The van der Waals surface area contributed by atoms with Gasteiger partial charge in [-0.3, -0.25) is 4.79 Å². The van der Waals surface area contributed by atoms with E-state index in [1.54, 1.807) is 0 Å². The number of hydrogen-bond donors (Lipinski definition) is 1. The van der Waals surface area contributed by atoms with Crippen molar-refractivity contribution in [3.05, 3.63) is 15.6 Å². The van der Waals surface area contributed by atoms with Crippen molar-refractivity contribution in [2.24, 2.45) is 5.92 Å². The van der Waals surface area contributed by atoms with Crippen molar-refractivity contribution in [1.82, 2.24) is 15.2 Å². The third-order valence-electron chi connectivity index (χ3n) is 4.95. The number of alkyl halides is 2. The second-order valence-corrected chi connectivity index (χ2v) is 7.73. The van der Waals surface area contributed by atoms with Crippen molar-refractivity contribution in [2.45, 2.75) is 51.4 Å². The van der Waals surface area contributed by atoms with Crippen LogP contribution in [0.3, 0.4) is 0 Å². The average molecular weight is 357 g/mol. The molecule has 0 bridgehead atoms. The van der Waals surface area contributed by atoms with Crippen LogP contribution in [0.25, 0.3) is 0 Å². The van der Waals surface area contributed by atoms with Crippen LogP contribution in [0, 0.1) is 5.92 Å². The maximum Gasteiger partial charge on any atom is 0.289 e. The van der Waals surface area contributed by atoms with E-state index in [0.717, 1.165) is 54.3 Å². The van der Waals surface area contributed by atoms with Gasteiger partial charge in [-0.2, -0.15) is 0 Å². The number of aromatic nitrogens is 1. The molecule has 1 aromatic rings. The molecule has 2 atom stereocenters. The fraction of sp³-hybridized carbons (Fsp3) is 0.765. The minimum Gasteiger partial charge on any atom is -0.342 e. The number of likely N-dealkylation sites (tertiary alicyclic amines) is 1. The zero-order chi connectivity index (χ0) is 17.1. The van der Waals surface area contributed by atoms with Gasteiger partial charge >= 0.3 is 0 Å². The molecule has 0 saturated carbocycles. The summed E-state index contributed by atoms with van der Waals surface area (Å²) in [5.74, 6) is 0.00907. The molecule has 1 unspecified atom stereocenters. The quantitative estimate of drug-likeness (QED) is 0.879. The van der Waals surface area contributed by atoms with Crippen LogP contribution in [-0.4, -0.2) is 42.0 Å². The summed E-state index contributed by atoms with van der Waals surface area (Å²) in [4.78, 5) is 19.9. The number of amides is 1. The minimum absolute atomic E-state index is 0.0222. The van der Waals surface area contributed by atoms with Crippen LogP contribution in [0.4, 0.5) is 8.78 Å². The standard InChI is InChI=1S/C17H25F2N3OS/c1-2-6-13-14(24-16(21-13)15(18)19)11-9-20-10-12(11)17(23)22-7-4-3-5-8-22/h11-12,15,20H,2-10H2,1H3/t11-,12?/m1/s1. The molecule has 2 aliphatic heterocycles. The number of rotatable bonds is 5. The van der Waals surface area contributed by atoms with Crippen molar-refractivity contribution >= 4 is 17.2 Å². The van der Waals surface area contributed by atoms with Crippen LogP contribution in [0.1, 0.15) is 60.5 Å². The number of hydrogen-bond acceptors (Lipinski definition) is 4. The van der Waals surface area contributed by atoms with Gasteiger partial charge in [0, 0.05) is 37.0 Å². The molecule has 0 aliphatic carbocycles. The smallest absolute Gasteiger partial charge is 0.289 e. The second-order valence-electron chi connectivity index (χ2n) is 6.67. The molecule has 0 aromatic carbocycles. The Kier molecular flexibility index (Phi) is 5.81. The Morgan fingerprint density at radius 2 is 2.08 bits per heavy atom. The van der Waals surface area contributed by atoms with Crippen molar-refractivity contribution in [1.29, 1.82) is 0 Å². The Morgan fingerprint density at radius 1 is 1.33 bits per heavy atom. The first-order valence-corrected chi connectivity index (χ1v) is 9.70. The highest BCUT2D eigenvalue weighted by atomic mass is 32.1. The van der Waals surface area contributed by atoms with E-state index in [2.05, 4.69) is 10.3 Å². The van der Waals surface area contributed by atoms with Crippen LogP contribution >= 0.6 is 11.3 Å². The lowest BCUT2D eigenvalue weighted by Crippen LogP contribution is -2.41. The summed E-state index contributed by atoms with van der Waals surface area (Å²) in [5.41, 5.74) is 0.767. The number of halogens is 2. The molecule has 1 aromatic heterocycles. The Hall–Kier alpha value is -1.08. The summed E-state index contributed by atoms with van der Waals surface area (Å²) in [7, 11) is 0. The first-order valence-electron chi connectivity index (χ1n) is 8.89. The van der Waals surface area contributed by atoms with Crippen molar-refractivity contribution < 1.29 is 13.6 Å². The molecule has 2 aliphatic rings. The van der Waals surface area contributed by atoms with E-state index in [9.17, 15) is 13.6 Å². The predicted octanol–water partition coefficient (Wildman–Crippen LogP) is 3.35. The number of nitrogens with one attached hydrogen (secondary N) is 1. The summed E-state index contributed by atoms with van der Waals surface area (Å²) < 4.78 is 26.2. The fourth-order valence-electron chi connectivity index (χ4n) is 3.74. The van der Waals surface area contributed by atoms with Gasteiger partial charge in [-0.1, -0.05) is 13.3 Å². The summed E-state index contributed by atoms with van der Waals surface area (Å²) in [6.45, 7) is 4.98. The summed E-state index contributed by atoms with van der Waals surface area (Å²) >= 11 is 1.10. The molecule has 1 amide bonds. The molecule has 3 heterocycles. The Bertz CT molecular complexity index is 572. The third-order valence-corrected chi connectivity index (χ3v) is 6.19. The zero-order valence-corrected chi connectivity index (χ0v) is 14.9. The summed E-state index contributed by atoms with van der Waals surface area (Å²) in [6, 6.07) is 0. The Morgan fingerprint density at radius 3 is 2.75 bits per heavy atom. The van der Waals surface area contributed by atoms with Gasteiger partial charge in [0.2, 0.25) is 5.91 Å². The number of carbonyl (C=O) groups excluding carboxylic acids is 1. The zero-order valence-electron chi connectivity index (χ0n) is 14.1. The minimum atomic E-state index is -2.54. The van der Waals surface area contributed by atoms with E-state index in [4.69, 9.17) is 0 Å². The molecule has 134 valence electrons. The molecule has 3 rings (SSSR count). The van der Waals surface area contributed by atoms with Gasteiger partial charge in [0.15, 0.2) is 5.01 Å². The van der Waals surface area contributed by atoms with E-state index in [1.807, 2.05) is 11.8 Å². The van der Waals surface area contributed by atoms with Gasteiger partial charge in [0.25, 0.3) is 6.43 Å². The number of carbonyl (C=O) groups is 1. The molecule has 2 saturated heterocycles. The van der Waals surface area contributed by atoms with Crippen LogP contribution in [0.5, 0.6) is 0 Å². The lowest BCUT2D eigenvalue weighted by molar-refractivity contribution is -0.136. The molecule has 0 radical (unpaired) electrons. The highest BCUT2D eigenvalue weighted by Crippen LogP contribution is 2.38. The van der Waals surface area contributed by atoms with E-state index in [1.165, 1.54) is 6.42 Å². The van der Waals surface area contributed by atoms with Gasteiger partial charge in [-0.15, -0.1) is 11.3 Å². The predicted molar refractivity (Wildman–Crippen MR) is 90.6 cm³/mol. The monoisotopic (exact) mass is 357 g/mol. The van der Waals surface area contributed by atoms with Crippen LogP contribution in [0.2, 0.25) is 0 Å². The molecule has 24 heavy (non-hydrogen) atoms. The molecular weight excluding hydrogens is 332 g/mol. The molecular formula is C17H25F2N3OS. The van der Waals surface area contributed by atoms with Gasteiger partial charge in [-0.05, 0) is 25.7 Å². The lowest BCUT2D eigenvalue weighted by Gasteiger charge is -2.30. The Balaban J connectivity index is 1.83. The highest BCUT2D eigenvalue weighted by Gasteiger charge is 2.39. The van der Waals surface area contributed by atoms with Gasteiger partial charge in [0.05, 0.1) is 11.6 Å². The topological polar surface area (TPSA) is 45.2 Å². The maximum absolute atomic E-state index is 13.1. The van der Waals surface area contributed by atoms with E-state index < -0.39 is 6.43 Å². The van der Waals surface area contributed by atoms with Crippen molar-refractivity contribution in [3.8, 4) is 0 Å². The van der Waals surface area contributed by atoms with E-state index in [-0.39, 0.29) is 22.8 Å². The van der Waals surface area contributed by atoms with Crippen LogP contribution < -0.4 is 5.32 Å². The molecule has 2 fully saturated rings. The van der Waals surface area contributed by atoms with E-state index in [0.29, 0.717) is 19.5 Å². The van der Waals surface area contributed by atoms with Gasteiger partial charge < -0.3 is 10.2 Å². The number of thiazole rings is 1. The highest BCUT2D eigenvalue weighted by molar-refractivity contribution is 7.11. The first-order chi connectivity index (χ1) is 11.6. The van der Waals surface area contributed by atoms with Crippen molar-refractivity contribution in [2.75, 3.05) is 26.2 Å². The normalized spacial score (nSPS) is 24.8. The van der Waals surface area contributed by atoms with E-state index >= 15 is 0 Å². The number of piperidine rings is 1. The second kappa shape index (κ2) is 7.87. The molecule has 1 N–H and O–H groups in total. The first kappa shape index (κ1) is 17.7. The largest absolute Gasteiger partial charge is 0.342 e. The van der Waals surface area contributed by atoms with Gasteiger partial charge in [0.1, 0.15) is 0 Å². The fourth-order valence-corrected chi connectivity index (χ4v) is 4.88. The van der Waals surface area contributed by atoms with Crippen molar-refractivity contribution in [3.63, 3.8) is 0 Å². The number of aryl methyl sites for hydroxylation is 1. The SMILES string of the molecule is CCCc1nc(C(F)F)sc1[C@@H]1CNCC1C(=O)N1CCCCC1. The molecule has 7 heteroatoms. The lowest BCUT2D eigenvalue weighted by atomic mass is 9.91. The van der Waals surface area contributed by atoms with Gasteiger partial charge in [-0.25, -0.2) is 13.8 Å². The van der Waals surface area contributed by atoms with Crippen LogP contribution in [0.15, 0.2) is 0 Å². The molecule has 4 nitrogen and oxygen atoms in total. The third kappa shape index (κ3) is 3.61.